The summed E-state index contributed by atoms with van der Waals surface area (Å²) in [4.78, 5) is -0.0415. The van der Waals surface area contributed by atoms with Crippen molar-refractivity contribution in [2.24, 2.45) is 5.73 Å². The number of rotatable bonds is 6. The normalized spacial score (nSPS) is 13.3. The molecule has 1 heterocycles. The molecule has 0 bridgehead atoms. The standard InChI is InChI=1S/C8H14N4O2S3/c1-3-5(7(9)15)17(13,14)12-8-11-10-6(4-2)16-8/h5H,3-4H2,1-2H3,(H2,9,15)(H,11,12). The first kappa shape index (κ1) is 14.3. The average Bonchev–Trinajstić information content (AvgIpc) is 2.64. The summed E-state index contributed by atoms with van der Waals surface area (Å²) >= 11 is 5.94. The summed E-state index contributed by atoms with van der Waals surface area (Å²) < 4.78 is 26.2. The minimum atomic E-state index is -3.63. The first-order valence-electron chi connectivity index (χ1n) is 5.04. The van der Waals surface area contributed by atoms with Crippen LogP contribution in [0.3, 0.4) is 0 Å². The number of sulfonamides is 1. The molecule has 1 unspecified atom stereocenters. The summed E-state index contributed by atoms with van der Waals surface area (Å²) in [6.45, 7) is 3.63. The lowest BCUT2D eigenvalue weighted by molar-refractivity contribution is 0.594. The van der Waals surface area contributed by atoms with Crippen LogP contribution in [0.2, 0.25) is 0 Å². The topological polar surface area (TPSA) is 98.0 Å². The quantitative estimate of drug-likeness (QED) is 0.757. The maximum absolute atomic E-state index is 11.9. The SMILES string of the molecule is CCc1nnc(NS(=O)(=O)C(CC)C(N)=S)s1. The molecular formula is C8H14N4O2S3. The van der Waals surface area contributed by atoms with Gasteiger partial charge in [-0.1, -0.05) is 37.4 Å². The number of anilines is 1. The van der Waals surface area contributed by atoms with E-state index in [4.69, 9.17) is 18.0 Å². The van der Waals surface area contributed by atoms with E-state index in [-0.39, 0.29) is 10.1 Å². The third-order valence-electron chi connectivity index (χ3n) is 2.06. The summed E-state index contributed by atoms with van der Waals surface area (Å²) in [6.07, 6.45) is 1.04. The minimum Gasteiger partial charge on any atom is -0.392 e. The smallest absolute Gasteiger partial charge is 0.243 e. The van der Waals surface area contributed by atoms with Crippen molar-refractivity contribution in [3.05, 3.63) is 5.01 Å². The fourth-order valence-electron chi connectivity index (χ4n) is 1.20. The van der Waals surface area contributed by atoms with Crippen molar-refractivity contribution in [3.63, 3.8) is 0 Å². The number of nitrogens with two attached hydrogens (primary N) is 1. The second-order valence-corrected chi connectivity index (χ2v) is 6.70. The summed E-state index contributed by atoms with van der Waals surface area (Å²) in [5, 5.41) is 7.70. The summed E-state index contributed by atoms with van der Waals surface area (Å²) in [5.41, 5.74) is 5.40. The van der Waals surface area contributed by atoms with E-state index >= 15 is 0 Å². The third kappa shape index (κ3) is 3.58. The Morgan fingerprint density at radius 1 is 1.53 bits per heavy atom. The van der Waals surface area contributed by atoms with Crippen molar-refractivity contribution < 1.29 is 8.42 Å². The fraction of sp³-hybridized carbons (Fsp3) is 0.625. The van der Waals surface area contributed by atoms with Crippen molar-refractivity contribution in [2.75, 3.05) is 4.72 Å². The maximum atomic E-state index is 11.9. The highest BCUT2D eigenvalue weighted by Crippen LogP contribution is 2.19. The Morgan fingerprint density at radius 3 is 2.59 bits per heavy atom. The van der Waals surface area contributed by atoms with Gasteiger partial charge in [0, 0.05) is 0 Å². The van der Waals surface area contributed by atoms with Gasteiger partial charge in [0.1, 0.15) is 10.3 Å². The van der Waals surface area contributed by atoms with E-state index in [9.17, 15) is 8.42 Å². The van der Waals surface area contributed by atoms with Crippen molar-refractivity contribution in [2.45, 2.75) is 31.9 Å². The van der Waals surface area contributed by atoms with Crippen LogP contribution in [0, 0.1) is 0 Å². The number of thiocarbonyl (C=S) groups is 1. The molecule has 0 aliphatic carbocycles. The van der Waals surface area contributed by atoms with Crippen LogP contribution in [0.25, 0.3) is 0 Å². The predicted octanol–water partition coefficient (Wildman–Crippen LogP) is 0.907. The van der Waals surface area contributed by atoms with Crippen LogP contribution >= 0.6 is 23.6 Å². The molecule has 0 amide bonds. The zero-order chi connectivity index (χ0) is 13.1. The molecule has 0 fully saturated rings. The number of hydrogen-bond donors (Lipinski definition) is 2. The lowest BCUT2D eigenvalue weighted by atomic mass is 10.3. The second kappa shape index (κ2) is 5.69. The monoisotopic (exact) mass is 294 g/mol. The first-order valence-corrected chi connectivity index (χ1v) is 7.81. The molecule has 6 nitrogen and oxygen atoms in total. The molecular weight excluding hydrogens is 280 g/mol. The van der Waals surface area contributed by atoms with E-state index in [2.05, 4.69) is 14.9 Å². The predicted molar refractivity (Wildman–Crippen MR) is 72.7 cm³/mol. The number of aryl methyl sites for hydroxylation is 1. The lowest BCUT2D eigenvalue weighted by Gasteiger charge is -2.13. The van der Waals surface area contributed by atoms with Gasteiger partial charge in [-0.05, 0) is 12.8 Å². The number of nitrogens with one attached hydrogen (secondary N) is 1. The molecule has 0 aliphatic heterocycles. The van der Waals surface area contributed by atoms with Crippen LogP contribution in [-0.4, -0.2) is 28.9 Å². The van der Waals surface area contributed by atoms with E-state index in [0.29, 0.717) is 12.8 Å². The van der Waals surface area contributed by atoms with Gasteiger partial charge in [-0.25, -0.2) is 8.42 Å². The van der Waals surface area contributed by atoms with E-state index in [1.807, 2.05) is 6.92 Å². The minimum absolute atomic E-state index is 0.0415. The van der Waals surface area contributed by atoms with Gasteiger partial charge in [0.15, 0.2) is 0 Å². The lowest BCUT2D eigenvalue weighted by Crippen LogP contribution is -2.37. The van der Waals surface area contributed by atoms with E-state index in [1.54, 1.807) is 6.92 Å². The summed E-state index contributed by atoms with van der Waals surface area (Å²) in [5.74, 6) is 0. The van der Waals surface area contributed by atoms with Crippen LogP contribution in [0.15, 0.2) is 0 Å². The molecule has 1 atom stereocenters. The molecule has 9 heteroatoms. The van der Waals surface area contributed by atoms with Crippen LogP contribution in [0.1, 0.15) is 25.3 Å². The Labute approximate surface area is 110 Å². The summed E-state index contributed by atoms with van der Waals surface area (Å²) in [6, 6.07) is 0. The highest BCUT2D eigenvalue weighted by atomic mass is 32.2. The van der Waals surface area contributed by atoms with Crippen LogP contribution in [0.5, 0.6) is 0 Å². The number of aromatic nitrogens is 2. The van der Waals surface area contributed by atoms with Gasteiger partial charge in [-0.3, -0.25) is 4.72 Å². The van der Waals surface area contributed by atoms with E-state index in [0.717, 1.165) is 5.01 Å². The van der Waals surface area contributed by atoms with Crippen LogP contribution < -0.4 is 10.5 Å². The van der Waals surface area contributed by atoms with Crippen molar-refractivity contribution >= 4 is 43.7 Å². The van der Waals surface area contributed by atoms with Gasteiger partial charge >= 0.3 is 0 Å². The van der Waals surface area contributed by atoms with Crippen LogP contribution in [-0.2, 0) is 16.4 Å². The van der Waals surface area contributed by atoms with Gasteiger partial charge in [-0.2, -0.15) is 0 Å². The Morgan fingerprint density at radius 2 is 2.18 bits per heavy atom. The van der Waals surface area contributed by atoms with Gasteiger partial charge in [0.05, 0.1) is 4.99 Å². The fourth-order valence-corrected chi connectivity index (χ4v) is 3.97. The van der Waals surface area contributed by atoms with Crippen molar-refractivity contribution in [1.29, 1.82) is 0 Å². The molecule has 1 rings (SSSR count). The van der Waals surface area contributed by atoms with Gasteiger partial charge in [0.25, 0.3) is 0 Å². The zero-order valence-electron chi connectivity index (χ0n) is 9.50. The molecule has 17 heavy (non-hydrogen) atoms. The Bertz CT molecular complexity index is 497. The molecule has 0 aromatic carbocycles. The molecule has 1 aromatic rings. The van der Waals surface area contributed by atoms with Gasteiger partial charge in [0.2, 0.25) is 15.2 Å². The first-order chi connectivity index (χ1) is 7.90. The highest BCUT2D eigenvalue weighted by Gasteiger charge is 2.27. The Kier molecular flexibility index (Phi) is 4.78. The van der Waals surface area contributed by atoms with E-state index in [1.165, 1.54) is 11.3 Å². The molecule has 0 spiro atoms. The second-order valence-electron chi connectivity index (χ2n) is 3.30. The molecule has 96 valence electrons. The highest BCUT2D eigenvalue weighted by molar-refractivity contribution is 7.95. The van der Waals surface area contributed by atoms with Gasteiger partial charge in [-0.15, -0.1) is 10.2 Å². The Balaban J connectivity index is 2.89. The molecule has 3 N–H and O–H groups in total. The molecule has 0 saturated heterocycles. The summed E-state index contributed by atoms with van der Waals surface area (Å²) in [7, 11) is -3.63. The van der Waals surface area contributed by atoms with E-state index < -0.39 is 15.3 Å². The average molecular weight is 294 g/mol. The van der Waals surface area contributed by atoms with Crippen LogP contribution in [0.4, 0.5) is 5.13 Å². The maximum Gasteiger partial charge on any atom is 0.243 e. The Hall–Kier alpha value is -0.800. The van der Waals surface area contributed by atoms with Gasteiger partial charge < -0.3 is 5.73 Å². The molecule has 0 aliphatic rings. The van der Waals surface area contributed by atoms with Crippen molar-refractivity contribution in [1.82, 2.24) is 10.2 Å². The largest absolute Gasteiger partial charge is 0.392 e. The number of hydrogen-bond acceptors (Lipinski definition) is 6. The zero-order valence-corrected chi connectivity index (χ0v) is 12.0. The molecule has 0 radical (unpaired) electrons. The number of nitrogens with zero attached hydrogens (tertiary/aromatic N) is 2. The van der Waals surface area contributed by atoms with Crippen molar-refractivity contribution in [3.8, 4) is 0 Å². The molecule has 0 saturated carbocycles. The molecule has 1 aromatic heterocycles. The third-order valence-corrected chi connectivity index (χ3v) is 5.42.